The normalized spacial score (nSPS) is 21.3. The van der Waals surface area contributed by atoms with E-state index in [2.05, 4.69) is 32.9 Å². The zero-order valence-electron chi connectivity index (χ0n) is 8.55. The molecule has 0 N–H and O–H groups in total. The molecule has 0 aromatic heterocycles. The Labute approximate surface area is 79.7 Å². The number of aryl methyl sites for hydroxylation is 2. The lowest BCUT2D eigenvalue weighted by molar-refractivity contribution is 0.0943. The van der Waals surface area contributed by atoms with Crippen molar-refractivity contribution in [1.29, 1.82) is 0 Å². The van der Waals surface area contributed by atoms with Crippen LogP contribution in [0.4, 0.5) is 0 Å². The molecule has 70 valence electrons. The molecule has 1 aromatic carbocycles. The van der Waals surface area contributed by atoms with Gasteiger partial charge in [0.15, 0.2) is 0 Å². The molecule has 1 unspecified atom stereocenters. The van der Waals surface area contributed by atoms with Crippen LogP contribution < -0.4 is 0 Å². The molecule has 13 heavy (non-hydrogen) atoms. The molecule has 2 rings (SSSR count). The molecule has 1 nitrogen and oxygen atoms in total. The number of hydrogen-bond acceptors (Lipinski definition) is 1. The number of hydrogen-bond donors (Lipinski definition) is 0. The van der Waals surface area contributed by atoms with Gasteiger partial charge in [0, 0.05) is 5.92 Å². The van der Waals surface area contributed by atoms with Crippen molar-refractivity contribution in [3.63, 3.8) is 0 Å². The highest BCUT2D eigenvalue weighted by Crippen LogP contribution is 2.30. The summed E-state index contributed by atoms with van der Waals surface area (Å²) in [5.41, 5.74) is 5.72. The molecular formula is C12H16O. The zero-order chi connectivity index (χ0) is 9.42. The van der Waals surface area contributed by atoms with Crippen molar-refractivity contribution in [2.24, 2.45) is 0 Å². The largest absolute Gasteiger partial charge is 0.376 e. The van der Waals surface area contributed by atoms with E-state index in [0.717, 1.165) is 13.2 Å². The van der Waals surface area contributed by atoms with Crippen molar-refractivity contribution in [2.75, 3.05) is 6.61 Å². The summed E-state index contributed by atoms with van der Waals surface area (Å²) in [4.78, 5) is 0. The highest BCUT2D eigenvalue weighted by molar-refractivity contribution is 5.42. The fraction of sp³-hybridized carbons (Fsp3) is 0.500. The van der Waals surface area contributed by atoms with Crippen LogP contribution in [0.3, 0.4) is 0 Å². The van der Waals surface area contributed by atoms with Crippen LogP contribution in [0, 0.1) is 13.8 Å². The summed E-state index contributed by atoms with van der Waals surface area (Å²) in [6, 6.07) is 4.41. The van der Waals surface area contributed by atoms with Crippen molar-refractivity contribution in [3.8, 4) is 0 Å². The first-order chi connectivity index (χ1) is 6.20. The number of rotatable bonds is 0. The van der Waals surface area contributed by atoms with Gasteiger partial charge in [-0.15, -0.1) is 0 Å². The molecule has 0 spiro atoms. The first-order valence-electron chi connectivity index (χ1n) is 4.87. The van der Waals surface area contributed by atoms with E-state index in [9.17, 15) is 0 Å². The van der Waals surface area contributed by atoms with E-state index in [1.807, 2.05) is 0 Å². The van der Waals surface area contributed by atoms with Gasteiger partial charge in [0.25, 0.3) is 0 Å². The molecule has 0 fully saturated rings. The zero-order valence-corrected chi connectivity index (χ0v) is 8.55. The molecule has 1 aliphatic rings. The fourth-order valence-electron chi connectivity index (χ4n) is 2.19. The second kappa shape index (κ2) is 3.15. The van der Waals surface area contributed by atoms with E-state index in [1.54, 1.807) is 0 Å². The predicted molar refractivity (Wildman–Crippen MR) is 54.0 cm³/mol. The average molecular weight is 176 g/mol. The highest BCUT2D eigenvalue weighted by Gasteiger charge is 2.19. The van der Waals surface area contributed by atoms with Gasteiger partial charge in [0.1, 0.15) is 0 Å². The topological polar surface area (TPSA) is 9.23 Å². The van der Waals surface area contributed by atoms with Gasteiger partial charge in [-0.1, -0.05) is 19.1 Å². The lowest BCUT2D eigenvalue weighted by Crippen LogP contribution is -2.16. The molecule has 1 heterocycles. The number of benzene rings is 1. The van der Waals surface area contributed by atoms with Crippen LogP contribution in [0.1, 0.15) is 35.1 Å². The van der Waals surface area contributed by atoms with Crippen LogP contribution in [0.5, 0.6) is 0 Å². The molecule has 1 atom stereocenters. The van der Waals surface area contributed by atoms with Crippen LogP contribution in [0.25, 0.3) is 0 Å². The van der Waals surface area contributed by atoms with Crippen molar-refractivity contribution in [2.45, 2.75) is 33.3 Å². The molecule has 0 aliphatic carbocycles. The summed E-state index contributed by atoms with van der Waals surface area (Å²) in [5, 5.41) is 0. The van der Waals surface area contributed by atoms with Crippen LogP contribution in [-0.4, -0.2) is 6.61 Å². The van der Waals surface area contributed by atoms with Crippen molar-refractivity contribution >= 4 is 0 Å². The lowest BCUT2D eigenvalue weighted by atomic mass is 9.88. The smallest absolute Gasteiger partial charge is 0.0722 e. The lowest BCUT2D eigenvalue weighted by Gasteiger charge is -2.26. The molecule has 0 bridgehead atoms. The van der Waals surface area contributed by atoms with Crippen LogP contribution in [-0.2, 0) is 11.3 Å². The summed E-state index contributed by atoms with van der Waals surface area (Å²) < 4.78 is 5.54. The summed E-state index contributed by atoms with van der Waals surface area (Å²) in [6.07, 6.45) is 0. The maximum Gasteiger partial charge on any atom is 0.0722 e. The minimum absolute atomic E-state index is 0.559. The molecule has 0 radical (unpaired) electrons. The summed E-state index contributed by atoms with van der Waals surface area (Å²) in [7, 11) is 0. The van der Waals surface area contributed by atoms with Crippen molar-refractivity contribution in [3.05, 3.63) is 34.4 Å². The van der Waals surface area contributed by atoms with E-state index >= 15 is 0 Å². The summed E-state index contributed by atoms with van der Waals surface area (Å²) >= 11 is 0. The Morgan fingerprint density at radius 1 is 1.23 bits per heavy atom. The average Bonchev–Trinajstić information content (AvgIpc) is 2.12. The minimum atomic E-state index is 0.559. The molecule has 0 saturated heterocycles. The molecule has 1 aromatic rings. The van der Waals surface area contributed by atoms with Gasteiger partial charge in [-0.3, -0.25) is 0 Å². The van der Waals surface area contributed by atoms with E-state index in [4.69, 9.17) is 4.74 Å². The number of ether oxygens (including phenoxy) is 1. The van der Waals surface area contributed by atoms with E-state index in [0.29, 0.717) is 5.92 Å². The van der Waals surface area contributed by atoms with Gasteiger partial charge < -0.3 is 4.74 Å². The fourth-order valence-corrected chi connectivity index (χ4v) is 2.19. The SMILES string of the molecule is Cc1ccc(C)c2c1COCC2C. The Morgan fingerprint density at radius 3 is 2.62 bits per heavy atom. The third-order valence-corrected chi connectivity index (χ3v) is 2.92. The van der Waals surface area contributed by atoms with Crippen LogP contribution in [0.15, 0.2) is 12.1 Å². The number of fused-ring (bicyclic) bond motifs is 1. The van der Waals surface area contributed by atoms with Crippen molar-refractivity contribution < 1.29 is 4.74 Å². The molecule has 0 saturated carbocycles. The second-order valence-electron chi connectivity index (χ2n) is 4.01. The van der Waals surface area contributed by atoms with E-state index < -0.39 is 0 Å². The van der Waals surface area contributed by atoms with Gasteiger partial charge >= 0.3 is 0 Å². The molecule has 1 heteroatoms. The third-order valence-electron chi connectivity index (χ3n) is 2.92. The summed E-state index contributed by atoms with van der Waals surface area (Å²) in [6.45, 7) is 8.27. The standard InChI is InChI=1S/C12H16O/c1-8-4-5-9(2)12-10(3)6-13-7-11(8)12/h4-5,10H,6-7H2,1-3H3. The first-order valence-corrected chi connectivity index (χ1v) is 4.87. The van der Waals surface area contributed by atoms with Gasteiger partial charge in [0.05, 0.1) is 13.2 Å². The Kier molecular flexibility index (Phi) is 2.12. The Balaban J connectivity index is 2.60. The van der Waals surface area contributed by atoms with Gasteiger partial charge in [-0.2, -0.15) is 0 Å². The van der Waals surface area contributed by atoms with Gasteiger partial charge in [-0.25, -0.2) is 0 Å². The molecule has 1 aliphatic heterocycles. The minimum Gasteiger partial charge on any atom is -0.376 e. The van der Waals surface area contributed by atoms with Gasteiger partial charge in [0.2, 0.25) is 0 Å². The predicted octanol–water partition coefficient (Wildman–Crippen LogP) is 2.94. The Morgan fingerprint density at radius 2 is 1.92 bits per heavy atom. The first kappa shape index (κ1) is 8.76. The maximum absolute atomic E-state index is 5.54. The maximum atomic E-state index is 5.54. The monoisotopic (exact) mass is 176 g/mol. The Hall–Kier alpha value is -0.820. The molecule has 0 amide bonds. The van der Waals surface area contributed by atoms with Crippen LogP contribution >= 0.6 is 0 Å². The van der Waals surface area contributed by atoms with Crippen LogP contribution in [0.2, 0.25) is 0 Å². The van der Waals surface area contributed by atoms with E-state index in [-0.39, 0.29) is 0 Å². The quantitative estimate of drug-likeness (QED) is 0.590. The van der Waals surface area contributed by atoms with E-state index in [1.165, 1.54) is 22.3 Å². The highest BCUT2D eigenvalue weighted by atomic mass is 16.5. The molecular weight excluding hydrogens is 160 g/mol. The summed E-state index contributed by atoms with van der Waals surface area (Å²) in [5.74, 6) is 0.559. The van der Waals surface area contributed by atoms with Crippen molar-refractivity contribution in [1.82, 2.24) is 0 Å². The Bertz CT molecular complexity index is 328. The second-order valence-corrected chi connectivity index (χ2v) is 4.01. The van der Waals surface area contributed by atoms with Gasteiger partial charge in [-0.05, 0) is 36.1 Å². The third kappa shape index (κ3) is 1.37.